The molecular formula is C22H23N5O. The molecule has 0 bridgehead atoms. The fourth-order valence-electron chi connectivity index (χ4n) is 4.05. The van der Waals surface area contributed by atoms with Crippen LogP contribution in [0.2, 0.25) is 0 Å². The van der Waals surface area contributed by atoms with Gasteiger partial charge in [-0.15, -0.1) is 0 Å². The number of carbonyl (C=O) groups is 1. The van der Waals surface area contributed by atoms with Crippen LogP contribution in [-0.4, -0.2) is 40.5 Å². The molecular weight excluding hydrogens is 350 g/mol. The van der Waals surface area contributed by atoms with Crippen molar-refractivity contribution in [1.82, 2.24) is 20.3 Å². The number of anilines is 1. The SMILES string of the molecule is O=C1NCCc2[nH]c(-c3ccnc(-c4ccc(N5CCCCC5)nc4)c3)cc21. The fraction of sp³-hybridized carbons (Fsp3) is 0.318. The van der Waals surface area contributed by atoms with E-state index in [9.17, 15) is 4.79 Å². The molecule has 0 saturated carbocycles. The molecule has 0 unspecified atom stereocenters. The van der Waals surface area contributed by atoms with E-state index in [2.05, 4.69) is 37.3 Å². The van der Waals surface area contributed by atoms with Gasteiger partial charge in [0, 0.05) is 61.0 Å². The minimum atomic E-state index is -0.00414. The number of piperidine rings is 1. The van der Waals surface area contributed by atoms with Crippen LogP contribution in [0.5, 0.6) is 0 Å². The largest absolute Gasteiger partial charge is 0.358 e. The molecule has 142 valence electrons. The summed E-state index contributed by atoms with van der Waals surface area (Å²) in [6.07, 6.45) is 8.35. The first-order valence-electron chi connectivity index (χ1n) is 9.96. The van der Waals surface area contributed by atoms with Crippen LogP contribution in [-0.2, 0) is 6.42 Å². The van der Waals surface area contributed by atoms with Gasteiger partial charge in [-0.05, 0) is 49.6 Å². The third-order valence-electron chi connectivity index (χ3n) is 5.60. The van der Waals surface area contributed by atoms with E-state index in [1.807, 2.05) is 30.6 Å². The van der Waals surface area contributed by atoms with Crippen molar-refractivity contribution < 1.29 is 4.79 Å². The molecule has 0 aliphatic carbocycles. The molecule has 3 aromatic rings. The highest BCUT2D eigenvalue weighted by molar-refractivity contribution is 5.97. The number of nitrogens with one attached hydrogen (secondary N) is 2. The normalized spacial score (nSPS) is 16.6. The lowest BCUT2D eigenvalue weighted by Gasteiger charge is -2.27. The van der Waals surface area contributed by atoms with Crippen LogP contribution in [0, 0.1) is 0 Å². The van der Waals surface area contributed by atoms with Crippen molar-refractivity contribution >= 4 is 11.7 Å². The molecule has 1 fully saturated rings. The van der Waals surface area contributed by atoms with Gasteiger partial charge in [0.1, 0.15) is 5.82 Å². The standard InChI is InChI=1S/C22H23N5O/c28-22-17-13-20(26-18(17)7-9-24-22)15-6-8-23-19(12-15)16-4-5-21(25-14-16)27-10-2-1-3-11-27/h4-6,8,12-14,26H,1-3,7,9-11H2,(H,24,28). The Morgan fingerprint density at radius 2 is 1.86 bits per heavy atom. The lowest BCUT2D eigenvalue weighted by molar-refractivity contribution is 0.0946. The van der Waals surface area contributed by atoms with Gasteiger partial charge in [-0.2, -0.15) is 0 Å². The topological polar surface area (TPSA) is 73.9 Å². The van der Waals surface area contributed by atoms with Gasteiger partial charge >= 0.3 is 0 Å². The summed E-state index contributed by atoms with van der Waals surface area (Å²) in [6, 6.07) is 10.1. The first-order valence-corrected chi connectivity index (χ1v) is 9.96. The van der Waals surface area contributed by atoms with E-state index in [0.717, 1.165) is 59.1 Å². The van der Waals surface area contributed by atoms with Crippen LogP contribution in [0.15, 0.2) is 42.7 Å². The van der Waals surface area contributed by atoms with Gasteiger partial charge in [-0.1, -0.05) is 0 Å². The van der Waals surface area contributed by atoms with Crippen LogP contribution in [0.4, 0.5) is 5.82 Å². The third kappa shape index (κ3) is 3.15. The summed E-state index contributed by atoms with van der Waals surface area (Å²) in [5, 5.41) is 2.89. The summed E-state index contributed by atoms with van der Waals surface area (Å²) in [6.45, 7) is 2.86. The van der Waals surface area contributed by atoms with Gasteiger partial charge in [0.15, 0.2) is 0 Å². The van der Waals surface area contributed by atoms with Crippen LogP contribution < -0.4 is 10.2 Å². The van der Waals surface area contributed by atoms with Crippen molar-refractivity contribution in [2.75, 3.05) is 24.5 Å². The molecule has 3 aromatic heterocycles. The lowest BCUT2D eigenvalue weighted by Crippen LogP contribution is -2.31. The zero-order valence-electron chi connectivity index (χ0n) is 15.7. The second-order valence-corrected chi connectivity index (χ2v) is 7.46. The van der Waals surface area contributed by atoms with E-state index in [1.165, 1.54) is 19.3 Å². The summed E-state index contributed by atoms with van der Waals surface area (Å²) >= 11 is 0. The molecule has 1 saturated heterocycles. The Balaban J connectivity index is 1.42. The van der Waals surface area contributed by atoms with Gasteiger partial charge in [0.2, 0.25) is 0 Å². The molecule has 6 heteroatoms. The molecule has 0 radical (unpaired) electrons. The van der Waals surface area contributed by atoms with Gasteiger partial charge in [0.05, 0.1) is 11.3 Å². The minimum absolute atomic E-state index is 0.00414. The number of pyridine rings is 2. The second kappa shape index (κ2) is 7.11. The van der Waals surface area contributed by atoms with Crippen LogP contribution in [0.25, 0.3) is 22.5 Å². The fourth-order valence-corrected chi connectivity index (χ4v) is 4.05. The predicted octanol–water partition coefficient (Wildman–Crippen LogP) is 3.41. The summed E-state index contributed by atoms with van der Waals surface area (Å²) in [5.74, 6) is 1.04. The molecule has 0 aromatic carbocycles. The van der Waals surface area contributed by atoms with Crippen LogP contribution >= 0.6 is 0 Å². The van der Waals surface area contributed by atoms with Gasteiger partial charge in [-0.25, -0.2) is 4.98 Å². The maximum Gasteiger partial charge on any atom is 0.253 e. The zero-order chi connectivity index (χ0) is 18.9. The number of nitrogens with zero attached hydrogens (tertiary/aromatic N) is 3. The number of carbonyl (C=O) groups excluding carboxylic acids is 1. The first-order chi connectivity index (χ1) is 13.8. The molecule has 28 heavy (non-hydrogen) atoms. The summed E-state index contributed by atoms with van der Waals surface area (Å²) in [5.41, 5.74) is 5.59. The number of aromatic nitrogens is 3. The number of fused-ring (bicyclic) bond motifs is 1. The highest BCUT2D eigenvalue weighted by Gasteiger charge is 2.20. The molecule has 6 nitrogen and oxygen atoms in total. The molecule has 5 rings (SSSR count). The average molecular weight is 373 g/mol. The maximum atomic E-state index is 12.0. The Kier molecular flexibility index (Phi) is 4.31. The second-order valence-electron chi connectivity index (χ2n) is 7.46. The van der Waals surface area contributed by atoms with Crippen molar-refractivity contribution in [1.29, 1.82) is 0 Å². The molecule has 0 spiro atoms. The van der Waals surface area contributed by atoms with Gasteiger partial charge in [0.25, 0.3) is 5.91 Å². The summed E-state index contributed by atoms with van der Waals surface area (Å²) < 4.78 is 0. The maximum absolute atomic E-state index is 12.0. The smallest absolute Gasteiger partial charge is 0.253 e. The summed E-state index contributed by atoms with van der Waals surface area (Å²) in [7, 11) is 0. The predicted molar refractivity (Wildman–Crippen MR) is 109 cm³/mol. The average Bonchev–Trinajstić information content (AvgIpc) is 3.21. The number of amides is 1. The van der Waals surface area contributed by atoms with E-state index < -0.39 is 0 Å². The summed E-state index contributed by atoms with van der Waals surface area (Å²) in [4.78, 5) is 27.0. The molecule has 0 atom stereocenters. The Hall–Kier alpha value is -3.15. The number of hydrogen-bond donors (Lipinski definition) is 2. The van der Waals surface area contributed by atoms with Crippen molar-refractivity contribution in [2.24, 2.45) is 0 Å². The van der Waals surface area contributed by atoms with E-state index in [1.54, 1.807) is 0 Å². The quantitative estimate of drug-likeness (QED) is 0.738. The van der Waals surface area contributed by atoms with E-state index in [4.69, 9.17) is 0 Å². The Labute approximate surface area is 164 Å². The van der Waals surface area contributed by atoms with Crippen molar-refractivity contribution in [2.45, 2.75) is 25.7 Å². The monoisotopic (exact) mass is 373 g/mol. The van der Waals surface area contributed by atoms with Crippen LogP contribution in [0.3, 0.4) is 0 Å². The molecule has 1 amide bonds. The van der Waals surface area contributed by atoms with Gasteiger partial charge < -0.3 is 15.2 Å². The van der Waals surface area contributed by atoms with E-state index >= 15 is 0 Å². The first kappa shape index (κ1) is 17.0. The van der Waals surface area contributed by atoms with Crippen molar-refractivity contribution in [3.63, 3.8) is 0 Å². The number of rotatable bonds is 3. The molecule has 2 aliphatic heterocycles. The van der Waals surface area contributed by atoms with Gasteiger partial charge in [-0.3, -0.25) is 9.78 Å². The number of aromatic amines is 1. The van der Waals surface area contributed by atoms with Crippen LogP contribution in [0.1, 0.15) is 35.3 Å². The minimum Gasteiger partial charge on any atom is -0.358 e. The molecule has 5 heterocycles. The zero-order valence-corrected chi connectivity index (χ0v) is 15.7. The molecule has 2 N–H and O–H groups in total. The Bertz CT molecular complexity index is 1000. The highest BCUT2D eigenvalue weighted by Crippen LogP contribution is 2.27. The van der Waals surface area contributed by atoms with E-state index in [0.29, 0.717) is 6.54 Å². The van der Waals surface area contributed by atoms with Crippen molar-refractivity contribution in [3.05, 3.63) is 54.0 Å². The third-order valence-corrected chi connectivity index (χ3v) is 5.60. The Morgan fingerprint density at radius 3 is 2.64 bits per heavy atom. The number of hydrogen-bond acceptors (Lipinski definition) is 4. The highest BCUT2D eigenvalue weighted by atomic mass is 16.1. The number of H-pyrrole nitrogens is 1. The Morgan fingerprint density at radius 1 is 0.964 bits per heavy atom. The van der Waals surface area contributed by atoms with Crippen molar-refractivity contribution in [3.8, 4) is 22.5 Å². The lowest BCUT2D eigenvalue weighted by atomic mass is 10.1. The van der Waals surface area contributed by atoms with E-state index in [-0.39, 0.29) is 5.91 Å². The molecule has 2 aliphatic rings.